The third kappa shape index (κ3) is 3.56. The Labute approximate surface area is 124 Å². The molecule has 0 bridgehead atoms. The number of nitrogens with two attached hydrogens (primary N) is 1. The summed E-state index contributed by atoms with van der Waals surface area (Å²) in [5.41, 5.74) is 4.01. The van der Waals surface area contributed by atoms with Crippen molar-refractivity contribution >= 4 is 38.9 Å². The van der Waals surface area contributed by atoms with Gasteiger partial charge in [-0.3, -0.25) is 11.3 Å². The van der Waals surface area contributed by atoms with E-state index in [0.717, 1.165) is 27.9 Å². The fraction of sp³-hybridized carbons (Fsp3) is 0.231. The van der Waals surface area contributed by atoms with Gasteiger partial charge in [-0.2, -0.15) is 0 Å². The average molecular weight is 346 g/mol. The van der Waals surface area contributed by atoms with E-state index >= 15 is 0 Å². The first kappa shape index (κ1) is 14.0. The van der Waals surface area contributed by atoms with E-state index in [9.17, 15) is 0 Å². The van der Waals surface area contributed by atoms with E-state index < -0.39 is 0 Å². The lowest BCUT2D eigenvalue weighted by Gasteiger charge is -2.17. The van der Waals surface area contributed by atoms with Crippen LogP contribution in [0.4, 0.5) is 0 Å². The van der Waals surface area contributed by atoms with Crippen molar-refractivity contribution < 1.29 is 0 Å². The highest BCUT2D eigenvalue weighted by atomic mass is 79.9. The summed E-state index contributed by atoms with van der Waals surface area (Å²) in [5.74, 6) is 5.65. The largest absolute Gasteiger partial charge is 0.271 e. The highest BCUT2D eigenvalue weighted by molar-refractivity contribution is 9.10. The molecule has 0 radical (unpaired) electrons. The molecule has 1 aromatic carbocycles. The Kier molecular flexibility index (Phi) is 5.21. The number of rotatable bonds is 5. The first-order valence-electron chi connectivity index (χ1n) is 5.64. The smallest absolute Gasteiger partial charge is 0.0474 e. The van der Waals surface area contributed by atoms with Crippen LogP contribution in [-0.4, -0.2) is 0 Å². The minimum absolute atomic E-state index is 0.124. The van der Waals surface area contributed by atoms with Gasteiger partial charge in [0.25, 0.3) is 0 Å². The SMILES string of the molecule is NNC(CCc1cccs1)c1ccc(Cl)cc1Br. The molecule has 2 aromatic rings. The maximum atomic E-state index is 5.94. The molecule has 1 atom stereocenters. The molecular weight excluding hydrogens is 332 g/mol. The predicted octanol–water partition coefficient (Wildman–Crippen LogP) is 4.30. The van der Waals surface area contributed by atoms with Crippen LogP contribution in [0.5, 0.6) is 0 Å². The summed E-state index contributed by atoms with van der Waals surface area (Å²) in [4.78, 5) is 1.38. The van der Waals surface area contributed by atoms with Gasteiger partial charge in [-0.05, 0) is 42.0 Å². The zero-order chi connectivity index (χ0) is 13.0. The van der Waals surface area contributed by atoms with E-state index in [2.05, 4.69) is 38.9 Å². The fourth-order valence-electron chi connectivity index (χ4n) is 1.85. The van der Waals surface area contributed by atoms with Crippen molar-refractivity contribution in [2.75, 3.05) is 0 Å². The number of hydrazine groups is 1. The lowest BCUT2D eigenvalue weighted by Crippen LogP contribution is -2.28. The highest BCUT2D eigenvalue weighted by Crippen LogP contribution is 2.29. The summed E-state index contributed by atoms with van der Waals surface area (Å²) in [6.07, 6.45) is 1.97. The van der Waals surface area contributed by atoms with Crippen LogP contribution >= 0.6 is 38.9 Å². The average Bonchev–Trinajstić information content (AvgIpc) is 2.85. The molecule has 96 valence electrons. The van der Waals surface area contributed by atoms with Gasteiger partial charge in [-0.25, -0.2) is 0 Å². The minimum Gasteiger partial charge on any atom is -0.271 e. The van der Waals surface area contributed by atoms with Gasteiger partial charge in [-0.1, -0.05) is 39.7 Å². The quantitative estimate of drug-likeness (QED) is 0.626. The van der Waals surface area contributed by atoms with Crippen molar-refractivity contribution in [2.24, 2.45) is 5.84 Å². The molecule has 0 aliphatic carbocycles. The molecule has 2 rings (SSSR count). The fourth-order valence-corrected chi connectivity index (χ4v) is 3.54. The number of nitrogens with one attached hydrogen (secondary N) is 1. The van der Waals surface area contributed by atoms with Gasteiger partial charge >= 0.3 is 0 Å². The minimum atomic E-state index is 0.124. The molecular formula is C13H14BrClN2S. The lowest BCUT2D eigenvalue weighted by molar-refractivity contribution is 0.516. The molecule has 1 heterocycles. The van der Waals surface area contributed by atoms with Gasteiger partial charge in [0, 0.05) is 20.4 Å². The van der Waals surface area contributed by atoms with Gasteiger partial charge in [0.15, 0.2) is 0 Å². The summed E-state index contributed by atoms with van der Waals surface area (Å²) in [5, 5.41) is 2.82. The topological polar surface area (TPSA) is 38.0 Å². The van der Waals surface area contributed by atoms with E-state index in [1.807, 2.05) is 18.2 Å². The van der Waals surface area contributed by atoms with Crippen LogP contribution in [0.1, 0.15) is 22.9 Å². The number of benzene rings is 1. The summed E-state index contributed by atoms with van der Waals surface area (Å²) >= 11 is 11.2. The zero-order valence-electron chi connectivity index (χ0n) is 9.70. The van der Waals surface area contributed by atoms with Gasteiger partial charge in [-0.15, -0.1) is 11.3 Å². The Morgan fingerprint density at radius 2 is 2.22 bits per heavy atom. The van der Waals surface area contributed by atoms with Crippen molar-refractivity contribution in [3.8, 4) is 0 Å². The number of aryl methyl sites for hydroxylation is 1. The monoisotopic (exact) mass is 344 g/mol. The normalized spacial score (nSPS) is 12.6. The van der Waals surface area contributed by atoms with Crippen LogP contribution in [0.2, 0.25) is 5.02 Å². The third-order valence-corrected chi connectivity index (χ3v) is 4.66. The summed E-state index contributed by atoms with van der Waals surface area (Å²) in [7, 11) is 0. The molecule has 0 fully saturated rings. The molecule has 0 aliphatic rings. The van der Waals surface area contributed by atoms with E-state index in [1.54, 1.807) is 11.3 Å². The Bertz CT molecular complexity index is 502. The molecule has 5 heteroatoms. The van der Waals surface area contributed by atoms with E-state index in [1.165, 1.54) is 4.88 Å². The summed E-state index contributed by atoms with van der Waals surface area (Å²) in [6, 6.07) is 10.1. The van der Waals surface area contributed by atoms with Crippen molar-refractivity contribution in [3.63, 3.8) is 0 Å². The van der Waals surface area contributed by atoms with Gasteiger partial charge in [0.2, 0.25) is 0 Å². The molecule has 18 heavy (non-hydrogen) atoms. The molecule has 0 saturated heterocycles. The second-order valence-corrected chi connectivity index (χ2v) is 6.33. The first-order chi connectivity index (χ1) is 8.70. The molecule has 2 nitrogen and oxygen atoms in total. The van der Waals surface area contributed by atoms with Crippen molar-refractivity contribution in [1.29, 1.82) is 0 Å². The number of halogens is 2. The predicted molar refractivity (Wildman–Crippen MR) is 81.9 cm³/mol. The number of hydrogen-bond donors (Lipinski definition) is 2. The van der Waals surface area contributed by atoms with Gasteiger partial charge in [0.05, 0.1) is 0 Å². The maximum Gasteiger partial charge on any atom is 0.0474 e. The first-order valence-corrected chi connectivity index (χ1v) is 7.69. The zero-order valence-corrected chi connectivity index (χ0v) is 12.9. The van der Waals surface area contributed by atoms with Crippen LogP contribution in [0.15, 0.2) is 40.2 Å². The Morgan fingerprint density at radius 3 is 2.83 bits per heavy atom. The Hall–Kier alpha value is -0.390. The van der Waals surface area contributed by atoms with Crippen LogP contribution in [0.25, 0.3) is 0 Å². The molecule has 1 aromatic heterocycles. The van der Waals surface area contributed by atoms with Crippen molar-refractivity contribution in [2.45, 2.75) is 18.9 Å². The maximum absolute atomic E-state index is 5.94. The third-order valence-electron chi connectivity index (χ3n) is 2.80. The number of thiophene rings is 1. The Morgan fingerprint density at radius 1 is 1.39 bits per heavy atom. The highest BCUT2D eigenvalue weighted by Gasteiger charge is 2.13. The van der Waals surface area contributed by atoms with Crippen LogP contribution in [-0.2, 0) is 6.42 Å². The Balaban J connectivity index is 2.08. The van der Waals surface area contributed by atoms with E-state index in [4.69, 9.17) is 17.4 Å². The second-order valence-electron chi connectivity index (χ2n) is 4.00. The molecule has 3 N–H and O–H groups in total. The second kappa shape index (κ2) is 6.68. The molecule has 1 unspecified atom stereocenters. The molecule has 0 saturated carbocycles. The van der Waals surface area contributed by atoms with Crippen molar-refractivity contribution in [3.05, 3.63) is 55.6 Å². The van der Waals surface area contributed by atoms with Crippen molar-refractivity contribution in [1.82, 2.24) is 5.43 Å². The number of hydrogen-bond acceptors (Lipinski definition) is 3. The molecule has 0 aliphatic heterocycles. The van der Waals surface area contributed by atoms with Crippen LogP contribution in [0, 0.1) is 0 Å². The van der Waals surface area contributed by atoms with Crippen LogP contribution < -0.4 is 11.3 Å². The molecule has 0 amide bonds. The van der Waals surface area contributed by atoms with Gasteiger partial charge in [0.1, 0.15) is 0 Å². The standard InChI is InChI=1S/C13H14BrClN2S/c14-12-8-9(15)3-5-11(12)13(17-16)6-4-10-2-1-7-18-10/h1-3,5,7-8,13,17H,4,6,16H2. The summed E-state index contributed by atoms with van der Waals surface area (Å²) < 4.78 is 0.990. The van der Waals surface area contributed by atoms with Gasteiger partial charge < -0.3 is 0 Å². The van der Waals surface area contributed by atoms with E-state index in [0.29, 0.717) is 0 Å². The van der Waals surface area contributed by atoms with Crippen LogP contribution in [0.3, 0.4) is 0 Å². The molecule has 0 spiro atoms. The van der Waals surface area contributed by atoms with E-state index in [-0.39, 0.29) is 6.04 Å². The summed E-state index contributed by atoms with van der Waals surface area (Å²) in [6.45, 7) is 0. The lowest BCUT2D eigenvalue weighted by atomic mass is 10.0.